The number of carboxylic acids is 1. The molecule has 24 heavy (non-hydrogen) atoms. The van der Waals surface area contributed by atoms with Crippen LogP contribution in [0.15, 0.2) is 53.0 Å². The van der Waals surface area contributed by atoms with Gasteiger partial charge in [-0.15, -0.1) is 0 Å². The number of hydrogen-bond acceptors (Lipinski definition) is 4. The summed E-state index contributed by atoms with van der Waals surface area (Å²) in [7, 11) is 0. The number of carbonyl (C=O) groups is 3. The number of nitrogens with zero attached hydrogens (tertiary/aromatic N) is 1. The zero-order valence-electron chi connectivity index (χ0n) is 12.4. The highest BCUT2D eigenvalue weighted by Crippen LogP contribution is 2.28. The van der Waals surface area contributed by atoms with Crippen molar-refractivity contribution in [2.75, 3.05) is 10.2 Å². The Morgan fingerprint density at radius 2 is 1.92 bits per heavy atom. The minimum absolute atomic E-state index is 0.0114. The van der Waals surface area contributed by atoms with Gasteiger partial charge in [-0.3, -0.25) is 9.59 Å². The number of aromatic carboxylic acids is 1. The van der Waals surface area contributed by atoms with Gasteiger partial charge in [0.15, 0.2) is 0 Å². The summed E-state index contributed by atoms with van der Waals surface area (Å²) in [6.45, 7) is 0. The molecule has 1 heterocycles. The van der Waals surface area contributed by atoms with E-state index < -0.39 is 17.9 Å². The van der Waals surface area contributed by atoms with Gasteiger partial charge >= 0.3 is 5.97 Å². The number of anilines is 2. The van der Waals surface area contributed by atoms with Crippen LogP contribution in [-0.2, 0) is 9.59 Å². The van der Waals surface area contributed by atoms with Crippen LogP contribution in [0, 0.1) is 0 Å². The number of carbonyl (C=O) groups excluding carboxylic acids is 2. The Hall–Kier alpha value is -2.67. The summed E-state index contributed by atoms with van der Waals surface area (Å²) in [4.78, 5) is 36.9. The second-order valence-electron chi connectivity index (χ2n) is 5.30. The van der Waals surface area contributed by atoms with Crippen molar-refractivity contribution < 1.29 is 19.5 Å². The van der Waals surface area contributed by atoms with Gasteiger partial charge in [0.25, 0.3) is 5.91 Å². The van der Waals surface area contributed by atoms with E-state index in [9.17, 15) is 14.4 Å². The third kappa shape index (κ3) is 3.03. The molecule has 1 aliphatic heterocycles. The van der Waals surface area contributed by atoms with Crippen molar-refractivity contribution in [3.05, 3.63) is 58.6 Å². The van der Waals surface area contributed by atoms with Crippen LogP contribution < -0.4 is 10.2 Å². The van der Waals surface area contributed by atoms with E-state index in [4.69, 9.17) is 5.11 Å². The van der Waals surface area contributed by atoms with Gasteiger partial charge in [-0.05, 0) is 46.3 Å². The number of halogens is 1. The van der Waals surface area contributed by atoms with E-state index in [1.165, 1.54) is 18.2 Å². The first kappa shape index (κ1) is 16.2. The molecule has 3 rings (SSSR count). The molecule has 1 saturated heterocycles. The fraction of sp³-hybridized carbons (Fsp3) is 0.118. The number of carboxylic acid groups (broad SMARTS) is 1. The molecule has 1 aliphatic rings. The Labute approximate surface area is 146 Å². The molecule has 122 valence electrons. The average Bonchev–Trinajstić information content (AvgIpc) is 2.83. The lowest BCUT2D eigenvalue weighted by Gasteiger charge is -2.17. The predicted octanol–water partition coefficient (Wildman–Crippen LogP) is 2.89. The summed E-state index contributed by atoms with van der Waals surface area (Å²) in [5.41, 5.74) is 1.00. The number of hydrogen-bond donors (Lipinski definition) is 2. The Morgan fingerprint density at radius 3 is 2.62 bits per heavy atom. The van der Waals surface area contributed by atoms with Crippen molar-refractivity contribution in [3.8, 4) is 0 Å². The summed E-state index contributed by atoms with van der Waals surface area (Å²) >= 11 is 3.39. The molecular weight excluding hydrogens is 376 g/mol. The zero-order chi connectivity index (χ0) is 17.3. The maximum Gasteiger partial charge on any atom is 0.335 e. The van der Waals surface area contributed by atoms with Gasteiger partial charge in [0, 0.05) is 10.2 Å². The molecule has 0 unspecified atom stereocenters. The van der Waals surface area contributed by atoms with Gasteiger partial charge < -0.3 is 10.4 Å². The van der Waals surface area contributed by atoms with Crippen molar-refractivity contribution in [2.24, 2.45) is 0 Å². The lowest BCUT2D eigenvalue weighted by atomic mass is 10.2. The molecule has 0 aliphatic carbocycles. The van der Waals surface area contributed by atoms with Crippen LogP contribution >= 0.6 is 15.9 Å². The Balaban J connectivity index is 1.86. The number of nitrogens with one attached hydrogen (secondary N) is 1. The molecule has 2 N–H and O–H groups in total. The summed E-state index contributed by atoms with van der Waals surface area (Å²) < 4.78 is 0.788. The Kier molecular flexibility index (Phi) is 4.35. The normalized spacial score (nSPS) is 17.2. The molecule has 2 amide bonds. The van der Waals surface area contributed by atoms with Crippen molar-refractivity contribution in [1.29, 1.82) is 0 Å². The van der Waals surface area contributed by atoms with E-state index in [0.29, 0.717) is 5.69 Å². The molecule has 1 fully saturated rings. The molecule has 0 spiro atoms. The maximum atomic E-state index is 12.6. The third-order valence-corrected chi connectivity index (χ3v) is 4.39. The SMILES string of the molecule is O=C(O)c1cccc(N2C(=O)C[C@H](Nc3ccccc3Br)C2=O)c1. The summed E-state index contributed by atoms with van der Waals surface area (Å²) in [5, 5.41) is 12.1. The summed E-state index contributed by atoms with van der Waals surface area (Å²) in [6.07, 6.45) is 0.0114. The standard InChI is InChI=1S/C17H13BrN2O4/c18-12-6-1-2-7-13(12)19-14-9-15(21)20(16(14)22)11-5-3-4-10(8-11)17(23)24/h1-8,14,19H,9H2,(H,23,24)/t14-/m0/s1. The highest BCUT2D eigenvalue weighted by atomic mass is 79.9. The van der Waals surface area contributed by atoms with E-state index in [2.05, 4.69) is 21.2 Å². The fourth-order valence-electron chi connectivity index (χ4n) is 2.56. The largest absolute Gasteiger partial charge is 0.478 e. The molecule has 6 nitrogen and oxygen atoms in total. The first-order valence-corrected chi connectivity index (χ1v) is 7.98. The molecular formula is C17H13BrN2O4. The highest BCUT2D eigenvalue weighted by molar-refractivity contribution is 9.10. The van der Waals surface area contributed by atoms with Crippen LogP contribution in [0.1, 0.15) is 16.8 Å². The first-order chi connectivity index (χ1) is 11.5. The molecule has 0 radical (unpaired) electrons. The average molecular weight is 389 g/mol. The number of imide groups is 1. The monoisotopic (exact) mass is 388 g/mol. The van der Waals surface area contributed by atoms with Crippen molar-refractivity contribution >= 4 is 45.1 Å². The van der Waals surface area contributed by atoms with Gasteiger partial charge in [0.1, 0.15) is 6.04 Å². The van der Waals surface area contributed by atoms with Crippen LogP contribution in [-0.4, -0.2) is 28.9 Å². The van der Waals surface area contributed by atoms with Crippen LogP contribution in [0.25, 0.3) is 0 Å². The molecule has 1 atom stereocenters. The van der Waals surface area contributed by atoms with Crippen molar-refractivity contribution in [1.82, 2.24) is 0 Å². The van der Waals surface area contributed by atoms with Crippen LogP contribution in [0.2, 0.25) is 0 Å². The second kappa shape index (κ2) is 6.45. The lowest BCUT2D eigenvalue weighted by molar-refractivity contribution is -0.121. The van der Waals surface area contributed by atoms with E-state index >= 15 is 0 Å². The quantitative estimate of drug-likeness (QED) is 0.786. The maximum absolute atomic E-state index is 12.6. The van der Waals surface area contributed by atoms with Gasteiger partial charge in [0.05, 0.1) is 17.7 Å². The van der Waals surface area contributed by atoms with E-state index in [-0.39, 0.29) is 23.6 Å². The van der Waals surface area contributed by atoms with Gasteiger partial charge in [0.2, 0.25) is 5.91 Å². The minimum Gasteiger partial charge on any atom is -0.478 e. The van der Waals surface area contributed by atoms with Crippen LogP contribution in [0.5, 0.6) is 0 Å². The van der Waals surface area contributed by atoms with E-state index in [1.54, 1.807) is 12.1 Å². The number of para-hydroxylation sites is 1. The van der Waals surface area contributed by atoms with Crippen molar-refractivity contribution in [2.45, 2.75) is 12.5 Å². The lowest BCUT2D eigenvalue weighted by Crippen LogP contribution is -2.35. The molecule has 0 saturated carbocycles. The first-order valence-electron chi connectivity index (χ1n) is 7.18. The zero-order valence-corrected chi connectivity index (χ0v) is 14.0. The molecule has 0 bridgehead atoms. The van der Waals surface area contributed by atoms with Crippen LogP contribution in [0.3, 0.4) is 0 Å². The van der Waals surface area contributed by atoms with E-state index in [0.717, 1.165) is 9.37 Å². The summed E-state index contributed by atoms with van der Waals surface area (Å²) in [6, 6.07) is 12.4. The molecule has 7 heteroatoms. The van der Waals surface area contributed by atoms with Gasteiger partial charge in [-0.25, -0.2) is 9.69 Å². The Morgan fingerprint density at radius 1 is 1.17 bits per heavy atom. The topological polar surface area (TPSA) is 86.7 Å². The fourth-order valence-corrected chi connectivity index (χ4v) is 2.96. The van der Waals surface area contributed by atoms with E-state index in [1.807, 2.05) is 18.2 Å². The second-order valence-corrected chi connectivity index (χ2v) is 6.16. The minimum atomic E-state index is -1.11. The van der Waals surface area contributed by atoms with Gasteiger partial charge in [-0.2, -0.15) is 0 Å². The van der Waals surface area contributed by atoms with Crippen molar-refractivity contribution in [3.63, 3.8) is 0 Å². The predicted molar refractivity (Wildman–Crippen MR) is 92.1 cm³/mol. The summed E-state index contributed by atoms with van der Waals surface area (Å²) in [5.74, 6) is -1.88. The van der Waals surface area contributed by atoms with Crippen LogP contribution in [0.4, 0.5) is 11.4 Å². The van der Waals surface area contributed by atoms with Gasteiger partial charge in [-0.1, -0.05) is 18.2 Å². The number of rotatable bonds is 4. The Bertz CT molecular complexity index is 837. The molecule has 2 aromatic rings. The number of amides is 2. The number of benzene rings is 2. The molecule has 0 aromatic heterocycles. The smallest absolute Gasteiger partial charge is 0.335 e. The highest BCUT2D eigenvalue weighted by Gasteiger charge is 2.39. The molecule has 2 aromatic carbocycles. The third-order valence-electron chi connectivity index (χ3n) is 3.70.